The van der Waals surface area contributed by atoms with E-state index >= 15 is 0 Å². The van der Waals surface area contributed by atoms with Crippen molar-refractivity contribution in [2.45, 2.75) is 32.2 Å². The van der Waals surface area contributed by atoms with E-state index in [1.54, 1.807) is 0 Å². The van der Waals surface area contributed by atoms with Crippen molar-refractivity contribution in [3.8, 4) is 0 Å². The number of likely N-dealkylation sites (tertiary alicyclic amines) is 1. The van der Waals surface area contributed by atoms with Crippen molar-refractivity contribution >= 4 is 5.91 Å². The summed E-state index contributed by atoms with van der Waals surface area (Å²) in [7, 11) is 0. The Labute approximate surface area is 151 Å². The fourth-order valence-corrected chi connectivity index (χ4v) is 3.61. The van der Waals surface area contributed by atoms with E-state index in [-0.39, 0.29) is 11.9 Å². The summed E-state index contributed by atoms with van der Waals surface area (Å²) in [5.41, 5.74) is 2.58. The maximum atomic E-state index is 12.3. The zero-order valence-corrected chi connectivity index (χ0v) is 15.0. The normalized spacial score (nSPS) is 17.2. The number of benzene rings is 2. The van der Waals surface area contributed by atoms with Crippen molar-refractivity contribution in [2.75, 3.05) is 19.6 Å². The Morgan fingerprint density at radius 1 is 1.04 bits per heavy atom. The zero-order chi connectivity index (χ0) is 17.5. The van der Waals surface area contributed by atoms with Gasteiger partial charge in [0.15, 0.2) is 0 Å². The van der Waals surface area contributed by atoms with E-state index in [9.17, 15) is 4.79 Å². The van der Waals surface area contributed by atoms with E-state index < -0.39 is 0 Å². The second-order valence-electron chi connectivity index (χ2n) is 7.11. The highest BCUT2D eigenvalue weighted by molar-refractivity contribution is 5.78. The Bertz CT molecular complexity index is 648. The van der Waals surface area contributed by atoms with Gasteiger partial charge in [-0.15, -0.1) is 0 Å². The Morgan fingerprint density at radius 2 is 1.64 bits per heavy atom. The third kappa shape index (κ3) is 5.43. The van der Waals surface area contributed by atoms with Gasteiger partial charge in [-0.05, 0) is 56.3 Å². The molecule has 1 amide bonds. The SMILES string of the molecule is CC(NC(=O)CN1CCC(Cc2ccccc2)CC1)c1ccccc1. The lowest BCUT2D eigenvalue weighted by Gasteiger charge is -2.31. The van der Waals surface area contributed by atoms with Gasteiger partial charge in [0.05, 0.1) is 12.6 Å². The van der Waals surface area contributed by atoms with Crippen LogP contribution < -0.4 is 5.32 Å². The standard InChI is InChI=1S/C22H28N2O/c1-18(21-10-6-3-7-11-21)23-22(25)17-24-14-12-20(13-15-24)16-19-8-4-2-5-9-19/h2-11,18,20H,12-17H2,1H3,(H,23,25). The summed E-state index contributed by atoms with van der Waals surface area (Å²) in [4.78, 5) is 14.6. The van der Waals surface area contributed by atoms with Crippen LogP contribution in [0.1, 0.15) is 36.9 Å². The first-order valence-corrected chi connectivity index (χ1v) is 9.31. The molecule has 2 aromatic rings. The molecule has 1 N–H and O–H groups in total. The molecule has 0 spiro atoms. The van der Waals surface area contributed by atoms with Crippen LogP contribution in [-0.4, -0.2) is 30.4 Å². The summed E-state index contributed by atoms with van der Waals surface area (Å²) >= 11 is 0. The summed E-state index contributed by atoms with van der Waals surface area (Å²) in [5, 5.41) is 3.11. The Kier molecular flexibility index (Phi) is 6.24. The monoisotopic (exact) mass is 336 g/mol. The van der Waals surface area contributed by atoms with Crippen LogP contribution >= 0.6 is 0 Å². The summed E-state index contributed by atoms with van der Waals surface area (Å²) < 4.78 is 0. The van der Waals surface area contributed by atoms with Gasteiger partial charge in [-0.3, -0.25) is 9.69 Å². The molecule has 0 aromatic heterocycles. The largest absolute Gasteiger partial charge is 0.348 e. The van der Waals surface area contributed by atoms with Crippen LogP contribution in [0.3, 0.4) is 0 Å². The predicted octanol–water partition coefficient (Wildman–Crippen LogP) is 3.82. The molecule has 0 radical (unpaired) electrons. The minimum absolute atomic E-state index is 0.0596. The fourth-order valence-electron chi connectivity index (χ4n) is 3.61. The van der Waals surface area contributed by atoms with Crippen LogP contribution in [0.5, 0.6) is 0 Å². The second kappa shape index (κ2) is 8.82. The molecule has 1 atom stereocenters. The summed E-state index contributed by atoms with van der Waals surface area (Å²) in [6.45, 7) is 4.59. The molecular weight excluding hydrogens is 308 g/mol. The molecule has 1 aliphatic heterocycles. The Balaban J connectivity index is 1.40. The summed E-state index contributed by atoms with van der Waals surface area (Å²) in [5.74, 6) is 0.864. The molecule has 132 valence electrons. The van der Waals surface area contributed by atoms with Crippen LogP contribution in [0, 0.1) is 5.92 Å². The van der Waals surface area contributed by atoms with Crippen LogP contribution in [-0.2, 0) is 11.2 Å². The van der Waals surface area contributed by atoms with Gasteiger partial charge in [-0.1, -0.05) is 60.7 Å². The molecule has 2 aromatic carbocycles. The first-order chi connectivity index (χ1) is 12.2. The predicted molar refractivity (Wildman–Crippen MR) is 102 cm³/mol. The molecule has 1 unspecified atom stereocenters. The molecule has 1 fully saturated rings. The van der Waals surface area contributed by atoms with Gasteiger partial charge in [-0.25, -0.2) is 0 Å². The molecule has 1 saturated heterocycles. The van der Waals surface area contributed by atoms with Crippen LogP contribution in [0.2, 0.25) is 0 Å². The first kappa shape index (κ1) is 17.7. The molecule has 0 aliphatic carbocycles. The van der Waals surface area contributed by atoms with Gasteiger partial charge >= 0.3 is 0 Å². The van der Waals surface area contributed by atoms with Crippen LogP contribution in [0.15, 0.2) is 60.7 Å². The van der Waals surface area contributed by atoms with E-state index in [1.165, 1.54) is 18.4 Å². The van der Waals surface area contributed by atoms with Crippen LogP contribution in [0.4, 0.5) is 0 Å². The van der Waals surface area contributed by atoms with Gasteiger partial charge in [0.1, 0.15) is 0 Å². The number of rotatable bonds is 6. The van der Waals surface area contributed by atoms with Crippen molar-refractivity contribution in [3.63, 3.8) is 0 Å². The highest BCUT2D eigenvalue weighted by Gasteiger charge is 2.21. The van der Waals surface area contributed by atoms with Crippen molar-refractivity contribution in [2.24, 2.45) is 5.92 Å². The van der Waals surface area contributed by atoms with Crippen LogP contribution in [0.25, 0.3) is 0 Å². The molecule has 3 rings (SSSR count). The van der Waals surface area contributed by atoms with E-state index in [4.69, 9.17) is 0 Å². The lowest BCUT2D eigenvalue weighted by Crippen LogP contribution is -2.42. The third-order valence-electron chi connectivity index (χ3n) is 5.12. The van der Waals surface area contributed by atoms with Crippen molar-refractivity contribution in [3.05, 3.63) is 71.8 Å². The third-order valence-corrected chi connectivity index (χ3v) is 5.12. The highest BCUT2D eigenvalue weighted by Crippen LogP contribution is 2.21. The first-order valence-electron chi connectivity index (χ1n) is 9.31. The number of nitrogens with one attached hydrogen (secondary N) is 1. The molecule has 25 heavy (non-hydrogen) atoms. The molecule has 0 saturated carbocycles. The second-order valence-corrected chi connectivity index (χ2v) is 7.11. The average Bonchev–Trinajstić information content (AvgIpc) is 2.65. The van der Waals surface area contributed by atoms with Crippen molar-refractivity contribution in [1.29, 1.82) is 0 Å². The number of hydrogen-bond acceptors (Lipinski definition) is 2. The van der Waals surface area contributed by atoms with Crippen molar-refractivity contribution < 1.29 is 4.79 Å². The van der Waals surface area contributed by atoms with E-state index in [2.05, 4.69) is 52.7 Å². The lowest BCUT2D eigenvalue weighted by atomic mass is 9.90. The highest BCUT2D eigenvalue weighted by atomic mass is 16.2. The van der Waals surface area contributed by atoms with Gasteiger partial charge in [0.2, 0.25) is 5.91 Å². The van der Waals surface area contributed by atoms with E-state index in [1.807, 2.05) is 25.1 Å². The molecule has 1 heterocycles. The Hall–Kier alpha value is -2.13. The molecule has 3 nitrogen and oxygen atoms in total. The molecular formula is C22H28N2O. The minimum atomic E-state index is 0.0596. The molecule has 3 heteroatoms. The summed E-state index contributed by atoms with van der Waals surface area (Å²) in [6.07, 6.45) is 3.51. The maximum Gasteiger partial charge on any atom is 0.234 e. The van der Waals surface area contributed by atoms with Gasteiger partial charge in [0, 0.05) is 0 Å². The topological polar surface area (TPSA) is 32.3 Å². The summed E-state index contributed by atoms with van der Waals surface area (Å²) in [6, 6.07) is 20.9. The van der Waals surface area contributed by atoms with Gasteiger partial charge in [0.25, 0.3) is 0 Å². The number of amides is 1. The van der Waals surface area contributed by atoms with Gasteiger partial charge in [-0.2, -0.15) is 0 Å². The fraction of sp³-hybridized carbons (Fsp3) is 0.409. The van der Waals surface area contributed by atoms with Gasteiger partial charge < -0.3 is 5.32 Å². The molecule has 0 bridgehead atoms. The smallest absolute Gasteiger partial charge is 0.234 e. The quantitative estimate of drug-likeness (QED) is 0.870. The molecule has 1 aliphatic rings. The van der Waals surface area contributed by atoms with Crippen molar-refractivity contribution in [1.82, 2.24) is 10.2 Å². The maximum absolute atomic E-state index is 12.3. The lowest BCUT2D eigenvalue weighted by molar-refractivity contribution is -0.123. The van der Waals surface area contributed by atoms with E-state index in [0.29, 0.717) is 6.54 Å². The zero-order valence-electron chi connectivity index (χ0n) is 15.0. The number of carbonyl (C=O) groups excluding carboxylic acids is 1. The number of piperidine rings is 1. The van der Waals surface area contributed by atoms with E-state index in [0.717, 1.165) is 31.0 Å². The minimum Gasteiger partial charge on any atom is -0.348 e. The Morgan fingerprint density at radius 3 is 2.28 bits per heavy atom. The number of nitrogens with zero attached hydrogens (tertiary/aromatic N) is 1. The number of carbonyl (C=O) groups is 1. The average molecular weight is 336 g/mol. The number of hydrogen-bond donors (Lipinski definition) is 1.